The first-order valence-electron chi connectivity index (χ1n) is 8.79. The Balaban J connectivity index is 1.39. The second kappa shape index (κ2) is 5.72. The average molecular weight is 307 g/mol. The minimum absolute atomic E-state index is 0.504. The highest BCUT2D eigenvalue weighted by atomic mass is 35.5. The number of nitrogens with one attached hydrogen (secondary N) is 2. The first-order valence-corrected chi connectivity index (χ1v) is 9.16. The third-order valence-corrected chi connectivity index (χ3v) is 6.54. The molecule has 1 aliphatic heterocycles. The molecule has 3 heteroatoms. The third-order valence-electron chi connectivity index (χ3n) is 6.26. The molecular weight excluding hydrogens is 280 g/mol. The Hall–Kier alpha value is -0.310. The Morgan fingerprint density at radius 2 is 2.10 bits per heavy atom. The summed E-state index contributed by atoms with van der Waals surface area (Å²) in [6.45, 7) is 3.64. The zero-order valence-corrected chi connectivity index (χ0v) is 13.6. The zero-order valence-electron chi connectivity index (χ0n) is 12.8. The van der Waals surface area contributed by atoms with Crippen LogP contribution in [0.3, 0.4) is 0 Å². The number of hydrogen-bond acceptors (Lipinski definition) is 2. The van der Waals surface area contributed by atoms with Gasteiger partial charge in [-0.05, 0) is 76.1 Å². The van der Waals surface area contributed by atoms with E-state index in [9.17, 15) is 0 Å². The van der Waals surface area contributed by atoms with E-state index in [4.69, 9.17) is 11.6 Å². The lowest BCUT2D eigenvalue weighted by molar-refractivity contribution is 0.313. The molecule has 0 aromatic rings. The molecule has 3 unspecified atom stereocenters. The lowest BCUT2D eigenvalue weighted by atomic mass is 9.71. The standard InChI is InChI=1S/C18H27ClN2/c19-15-3-4-16-14(10-15)2-1-7-18(16)11-17(18)21-12-13-5-8-20-9-6-13/h3-4,13-14,17,20-21H,1-2,5-12H2. The van der Waals surface area contributed by atoms with Crippen molar-refractivity contribution in [3.8, 4) is 0 Å². The van der Waals surface area contributed by atoms with Gasteiger partial charge in [0.1, 0.15) is 0 Å². The molecule has 1 heterocycles. The zero-order chi connectivity index (χ0) is 14.3. The van der Waals surface area contributed by atoms with Crippen molar-refractivity contribution in [2.24, 2.45) is 17.3 Å². The van der Waals surface area contributed by atoms with Crippen LogP contribution in [-0.2, 0) is 0 Å². The van der Waals surface area contributed by atoms with E-state index in [1.807, 2.05) is 0 Å². The van der Waals surface area contributed by atoms with Crippen LogP contribution in [0.1, 0.15) is 44.9 Å². The van der Waals surface area contributed by atoms with Gasteiger partial charge in [-0.2, -0.15) is 0 Å². The van der Waals surface area contributed by atoms with Gasteiger partial charge in [0.2, 0.25) is 0 Å². The Bertz CT molecular complexity index is 464. The molecule has 2 saturated carbocycles. The molecule has 0 amide bonds. The summed E-state index contributed by atoms with van der Waals surface area (Å²) in [4.78, 5) is 0. The molecular formula is C18H27ClN2. The van der Waals surface area contributed by atoms with E-state index >= 15 is 0 Å². The molecule has 0 aromatic carbocycles. The van der Waals surface area contributed by atoms with Crippen LogP contribution in [0.2, 0.25) is 0 Å². The Morgan fingerprint density at radius 3 is 2.95 bits per heavy atom. The van der Waals surface area contributed by atoms with Crippen molar-refractivity contribution < 1.29 is 0 Å². The van der Waals surface area contributed by atoms with Crippen molar-refractivity contribution in [1.29, 1.82) is 0 Å². The van der Waals surface area contributed by atoms with Gasteiger partial charge in [0.15, 0.2) is 0 Å². The van der Waals surface area contributed by atoms with Crippen LogP contribution in [0.15, 0.2) is 22.8 Å². The number of allylic oxidation sites excluding steroid dienone is 3. The van der Waals surface area contributed by atoms with Gasteiger partial charge in [0, 0.05) is 16.5 Å². The molecule has 2 N–H and O–H groups in total. The smallest absolute Gasteiger partial charge is 0.0186 e. The van der Waals surface area contributed by atoms with Crippen molar-refractivity contribution in [3.63, 3.8) is 0 Å². The molecule has 21 heavy (non-hydrogen) atoms. The molecule has 4 aliphatic rings. The summed E-state index contributed by atoms with van der Waals surface area (Å²) in [6.07, 6.45) is 13.8. The summed E-state index contributed by atoms with van der Waals surface area (Å²) in [5.74, 6) is 1.62. The monoisotopic (exact) mass is 306 g/mol. The molecule has 3 atom stereocenters. The van der Waals surface area contributed by atoms with E-state index < -0.39 is 0 Å². The first kappa shape index (κ1) is 14.3. The first-order chi connectivity index (χ1) is 10.3. The summed E-state index contributed by atoms with van der Waals surface area (Å²) in [7, 11) is 0. The quantitative estimate of drug-likeness (QED) is 0.832. The summed E-state index contributed by atoms with van der Waals surface area (Å²) >= 11 is 6.24. The number of piperidine rings is 1. The van der Waals surface area contributed by atoms with Crippen LogP contribution in [0.4, 0.5) is 0 Å². The van der Waals surface area contributed by atoms with E-state index in [0.29, 0.717) is 5.41 Å². The minimum Gasteiger partial charge on any atom is -0.317 e. The highest BCUT2D eigenvalue weighted by Gasteiger charge is 2.58. The maximum Gasteiger partial charge on any atom is 0.0186 e. The van der Waals surface area contributed by atoms with Crippen molar-refractivity contribution >= 4 is 11.6 Å². The van der Waals surface area contributed by atoms with Crippen molar-refractivity contribution in [1.82, 2.24) is 10.6 Å². The Morgan fingerprint density at radius 1 is 1.24 bits per heavy atom. The van der Waals surface area contributed by atoms with E-state index in [1.165, 1.54) is 58.2 Å². The topological polar surface area (TPSA) is 24.1 Å². The summed E-state index contributed by atoms with van der Waals surface area (Å²) in [6, 6.07) is 0.742. The van der Waals surface area contributed by atoms with Crippen LogP contribution >= 0.6 is 11.6 Å². The highest BCUT2D eigenvalue weighted by molar-refractivity contribution is 6.29. The third kappa shape index (κ3) is 2.71. The molecule has 0 radical (unpaired) electrons. The van der Waals surface area contributed by atoms with Crippen molar-refractivity contribution in [3.05, 3.63) is 22.8 Å². The SMILES string of the molecule is ClC1=CC=C2C(CCCC23CC3NCC2CCNCC2)C1. The van der Waals surface area contributed by atoms with E-state index in [0.717, 1.165) is 29.3 Å². The molecule has 1 spiro atoms. The van der Waals surface area contributed by atoms with Crippen LogP contribution in [0.5, 0.6) is 0 Å². The largest absolute Gasteiger partial charge is 0.317 e. The van der Waals surface area contributed by atoms with Gasteiger partial charge in [-0.15, -0.1) is 0 Å². The van der Waals surface area contributed by atoms with Gasteiger partial charge >= 0.3 is 0 Å². The molecule has 4 rings (SSSR count). The molecule has 0 aromatic heterocycles. The molecule has 116 valence electrons. The maximum absolute atomic E-state index is 6.24. The van der Waals surface area contributed by atoms with Crippen molar-refractivity contribution in [2.45, 2.75) is 51.0 Å². The van der Waals surface area contributed by atoms with Gasteiger partial charge in [0.05, 0.1) is 0 Å². The second-order valence-electron chi connectivity index (χ2n) is 7.54. The fourth-order valence-electron chi connectivity index (χ4n) is 4.93. The second-order valence-corrected chi connectivity index (χ2v) is 8.03. The number of fused-ring (bicyclic) bond motifs is 2. The number of halogens is 1. The molecule has 2 nitrogen and oxygen atoms in total. The minimum atomic E-state index is 0.504. The van der Waals surface area contributed by atoms with Crippen LogP contribution in [0.25, 0.3) is 0 Å². The average Bonchev–Trinajstić information content (AvgIpc) is 3.20. The van der Waals surface area contributed by atoms with Gasteiger partial charge in [0.25, 0.3) is 0 Å². The van der Waals surface area contributed by atoms with E-state index in [1.54, 1.807) is 5.57 Å². The molecule has 1 saturated heterocycles. The molecule has 3 aliphatic carbocycles. The van der Waals surface area contributed by atoms with E-state index in [2.05, 4.69) is 22.8 Å². The predicted molar refractivity (Wildman–Crippen MR) is 88.4 cm³/mol. The van der Waals surface area contributed by atoms with Crippen LogP contribution in [0, 0.1) is 17.3 Å². The van der Waals surface area contributed by atoms with Gasteiger partial charge in [-0.3, -0.25) is 0 Å². The lowest BCUT2D eigenvalue weighted by Gasteiger charge is -2.36. The molecule has 3 fully saturated rings. The van der Waals surface area contributed by atoms with Gasteiger partial charge in [-0.1, -0.05) is 29.7 Å². The fraction of sp³-hybridized carbons (Fsp3) is 0.778. The Labute approximate surface area is 133 Å². The summed E-state index contributed by atoms with van der Waals surface area (Å²) in [5, 5.41) is 8.43. The van der Waals surface area contributed by atoms with Crippen LogP contribution < -0.4 is 10.6 Å². The van der Waals surface area contributed by atoms with Gasteiger partial charge < -0.3 is 10.6 Å². The number of rotatable bonds is 3. The van der Waals surface area contributed by atoms with E-state index in [-0.39, 0.29) is 0 Å². The number of hydrogen-bond donors (Lipinski definition) is 2. The predicted octanol–water partition coefficient (Wildman–Crippen LogP) is 3.59. The van der Waals surface area contributed by atoms with Crippen molar-refractivity contribution in [2.75, 3.05) is 19.6 Å². The fourth-order valence-corrected chi connectivity index (χ4v) is 5.18. The summed E-state index contributed by atoms with van der Waals surface area (Å²) in [5.41, 5.74) is 2.23. The molecule has 0 bridgehead atoms. The van der Waals surface area contributed by atoms with Crippen LogP contribution in [-0.4, -0.2) is 25.7 Å². The van der Waals surface area contributed by atoms with Gasteiger partial charge in [-0.25, -0.2) is 0 Å². The lowest BCUT2D eigenvalue weighted by Crippen LogP contribution is -2.36. The highest BCUT2D eigenvalue weighted by Crippen LogP contribution is 2.62. The normalized spacial score (nSPS) is 39.7. The summed E-state index contributed by atoms with van der Waals surface area (Å²) < 4.78 is 0. The Kier molecular flexibility index (Phi) is 3.89. The maximum atomic E-state index is 6.24.